The molecule has 3 aliphatic heterocycles. The molecule has 0 unspecified atom stereocenters. The summed E-state index contributed by atoms with van der Waals surface area (Å²) in [4.78, 5) is 17.9. The van der Waals surface area contributed by atoms with E-state index in [0.29, 0.717) is 44.6 Å². The van der Waals surface area contributed by atoms with E-state index in [0.717, 1.165) is 44.2 Å². The molecule has 9 heteroatoms. The highest BCUT2D eigenvalue weighted by Gasteiger charge is 2.34. The summed E-state index contributed by atoms with van der Waals surface area (Å²) in [5, 5.41) is 11.8. The van der Waals surface area contributed by atoms with Crippen LogP contribution < -0.4 is 14.2 Å². The SMILES string of the molecule is Cc1cc(O)c(CN2CCN(Cc3ccc4c(c3)OCO4)CC2)c2c1C(=O)/C(=C/c1ccc(Cl)cc1Cl)O2. The first-order chi connectivity index (χ1) is 18.4. The summed E-state index contributed by atoms with van der Waals surface area (Å²) in [7, 11) is 0. The lowest BCUT2D eigenvalue weighted by Gasteiger charge is -2.35. The van der Waals surface area contributed by atoms with Crippen LogP contribution >= 0.6 is 23.2 Å². The Kier molecular flexibility index (Phi) is 6.70. The predicted octanol–water partition coefficient (Wildman–Crippen LogP) is 5.67. The fraction of sp³-hybridized carbons (Fsp3) is 0.276. The zero-order chi connectivity index (χ0) is 26.4. The Balaban J connectivity index is 1.16. The molecule has 0 saturated carbocycles. The van der Waals surface area contributed by atoms with Gasteiger partial charge in [-0.05, 0) is 60.0 Å². The average molecular weight is 553 g/mol. The zero-order valence-corrected chi connectivity index (χ0v) is 22.3. The van der Waals surface area contributed by atoms with E-state index in [2.05, 4.69) is 15.9 Å². The van der Waals surface area contributed by atoms with Crippen molar-refractivity contribution in [3.05, 3.63) is 86.1 Å². The number of aryl methyl sites for hydroxylation is 1. The number of nitrogens with zero attached hydrogens (tertiary/aromatic N) is 2. The summed E-state index contributed by atoms with van der Waals surface area (Å²) in [5.74, 6) is 2.09. The molecule has 3 aromatic rings. The molecule has 6 rings (SSSR count). The standard InChI is InChI=1S/C29H26Cl2N2O5/c1-17-10-23(34)21(29-27(17)28(35)26(38-29)12-19-3-4-20(30)13-22(19)31)15-33-8-6-32(7-9-33)14-18-2-5-24-25(11-18)37-16-36-24/h2-5,10-13,34H,6-9,14-16H2,1H3/b26-12-. The number of carbonyl (C=O) groups is 1. The molecule has 196 valence electrons. The van der Waals surface area contributed by atoms with Crippen molar-refractivity contribution < 1.29 is 24.1 Å². The van der Waals surface area contributed by atoms with E-state index in [1.807, 2.05) is 12.1 Å². The number of allylic oxidation sites excluding steroid dienone is 1. The van der Waals surface area contributed by atoms with Crippen LogP contribution in [0.3, 0.4) is 0 Å². The summed E-state index contributed by atoms with van der Waals surface area (Å²) in [6, 6.07) is 12.8. The van der Waals surface area contributed by atoms with Crippen LogP contribution in [0.25, 0.3) is 6.08 Å². The first kappa shape index (κ1) is 25.1. The monoisotopic (exact) mass is 552 g/mol. The van der Waals surface area contributed by atoms with E-state index in [9.17, 15) is 9.90 Å². The van der Waals surface area contributed by atoms with Gasteiger partial charge in [-0.1, -0.05) is 35.3 Å². The molecule has 0 amide bonds. The molecule has 0 atom stereocenters. The summed E-state index contributed by atoms with van der Waals surface area (Å²) in [6.45, 7) is 6.79. The highest BCUT2D eigenvalue weighted by Crippen LogP contribution is 2.43. The Hall–Kier alpha value is -3.23. The Labute approximate surface area is 230 Å². The average Bonchev–Trinajstić information content (AvgIpc) is 3.48. The maximum atomic E-state index is 13.3. The van der Waals surface area contributed by atoms with Crippen molar-refractivity contribution >= 4 is 35.1 Å². The first-order valence-electron chi connectivity index (χ1n) is 12.4. The number of ether oxygens (including phenoxy) is 3. The van der Waals surface area contributed by atoms with E-state index >= 15 is 0 Å². The molecule has 0 aromatic heterocycles. The van der Waals surface area contributed by atoms with E-state index < -0.39 is 0 Å². The predicted molar refractivity (Wildman–Crippen MR) is 145 cm³/mol. The molecule has 0 bridgehead atoms. The van der Waals surface area contributed by atoms with Gasteiger partial charge in [-0.3, -0.25) is 14.6 Å². The molecular formula is C29H26Cl2N2O5. The fourth-order valence-electron chi connectivity index (χ4n) is 5.12. The topological polar surface area (TPSA) is 71.5 Å². The lowest BCUT2D eigenvalue weighted by Crippen LogP contribution is -2.45. The van der Waals surface area contributed by atoms with Crippen molar-refractivity contribution in [3.63, 3.8) is 0 Å². The van der Waals surface area contributed by atoms with Crippen molar-refractivity contribution in [1.29, 1.82) is 0 Å². The lowest BCUT2D eigenvalue weighted by molar-refractivity contribution is 0.101. The second kappa shape index (κ2) is 10.2. The quantitative estimate of drug-likeness (QED) is 0.409. The fourth-order valence-corrected chi connectivity index (χ4v) is 5.58. The number of carbonyl (C=O) groups excluding carboxylic acids is 1. The second-order valence-corrected chi connectivity index (χ2v) is 10.6. The van der Waals surface area contributed by atoms with Crippen LogP contribution in [0.1, 0.15) is 32.6 Å². The minimum atomic E-state index is -0.224. The highest BCUT2D eigenvalue weighted by molar-refractivity contribution is 6.35. The summed E-state index contributed by atoms with van der Waals surface area (Å²) < 4.78 is 17.0. The number of aromatic hydroxyl groups is 1. The van der Waals surface area contributed by atoms with Gasteiger partial charge in [-0.2, -0.15) is 0 Å². The first-order valence-corrected chi connectivity index (χ1v) is 13.2. The van der Waals surface area contributed by atoms with Gasteiger partial charge in [0, 0.05) is 49.3 Å². The molecule has 0 radical (unpaired) electrons. The van der Waals surface area contributed by atoms with Gasteiger partial charge in [0.25, 0.3) is 0 Å². The van der Waals surface area contributed by atoms with Crippen LogP contribution in [0.2, 0.25) is 10.0 Å². The van der Waals surface area contributed by atoms with Gasteiger partial charge < -0.3 is 19.3 Å². The number of phenols is 1. The normalized spacial score (nSPS) is 18.2. The maximum absolute atomic E-state index is 13.3. The van der Waals surface area contributed by atoms with Gasteiger partial charge in [-0.25, -0.2) is 0 Å². The van der Waals surface area contributed by atoms with E-state index in [1.54, 1.807) is 37.3 Å². The maximum Gasteiger partial charge on any atom is 0.232 e. The van der Waals surface area contributed by atoms with Crippen molar-refractivity contribution in [1.82, 2.24) is 9.80 Å². The van der Waals surface area contributed by atoms with Crippen molar-refractivity contribution in [2.75, 3.05) is 33.0 Å². The molecule has 3 heterocycles. The number of piperazine rings is 1. The van der Waals surface area contributed by atoms with E-state index in [1.165, 1.54) is 5.56 Å². The molecule has 1 fully saturated rings. The van der Waals surface area contributed by atoms with Gasteiger partial charge in [-0.15, -0.1) is 0 Å². The smallest absolute Gasteiger partial charge is 0.232 e. The number of Topliss-reactive ketones (excluding diaryl/α,β-unsaturated/α-hetero) is 1. The molecule has 0 spiro atoms. The van der Waals surface area contributed by atoms with Gasteiger partial charge in [0.1, 0.15) is 11.5 Å². The number of phenolic OH excluding ortho intramolecular Hbond substituents is 1. The molecule has 3 aliphatic rings. The van der Waals surface area contributed by atoms with Crippen LogP contribution in [-0.4, -0.2) is 53.7 Å². The van der Waals surface area contributed by atoms with Crippen LogP contribution in [0.4, 0.5) is 0 Å². The number of halogens is 2. The third-order valence-corrected chi connectivity index (χ3v) is 7.72. The molecule has 3 aromatic carbocycles. The van der Waals surface area contributed by atoms with Crippen molar-refractivity contribution in [3.8, 4) is 23.0 Å². The Morgan fingerprint density at radius 3 is 2.45 bits per heavy atom. The van der Waals surface area contributed by atoms with E-state index in [-0.39, 0.29) is 24.1 Å². The molecule has 38 heavy (non-hydrogen) atoms. The molecule has 1 saturated heterocycles. The van der Waals surface area contributed by atoms with Crippen LogP contribution in [0.5, 0.6) is 23.0 Å². The molecule has 1 N–H and O–H groups in total. The number of fused-ring (bicyclic) bond motifs is 2. The van der Waals surface area contributed by atoms with Crippen LogP contribution in [0.15, 0.2) is 48.2 Å². The zero-order valence-electron chi connectivity index (χ0n) is 20.8. The number of hydrogen-bond acceptors (Lipinski definition) is 7. The molecule has 0 aliphatic carbocycles. The minimum absolute atomic E-state index is 0.127. The number of rotatable bonds is 5. The Morgan fingerprint density at radius 2 is 1.68 bits per heavy atom. The largest absolute Gasteiger partial charge is 0.507 e. The van der Waals surface area contributed by atoms with Gasteiger partial charge >= 0.3 is 0 Å². The Bertz CT molecular complexity index is 1460. The molecular weight excluding hydrogens is 527 g/mol. The van der Waals surface area contributed by atoms with Crippen LogP contribution in [-0.2, 0) is 13.1 Å². The summed E-state index contributed by atoms with van der Waals surface area (Å²) >= 11 is 12.3. The summed E-state index contributed by atoms with van der Waals surface area (Å²) in [5.41, 5.74) is 3.59. The van der Waals surface area contributed by atoms with Crippen molar-refractivity contribution in [2.24, 2.45) is 0 Å². The number of benzene rings is 3. The van der Waals surface area contributed by atoms with Crippen LogP contribution in [0, 0.1) is 6.92 Å². The summed E-state index contributed by atoms with van der Waals surface area (Å²) in [6.07, 6.45) is 1.62. The minimum Gasteiger partial charge on any atom is -0.507 e. The van der Waals surface area contributed by atoms with Gasteiger partial charge in [0.15, 0.2) is 17.3 Å². The third kappa shape index (κ3) is 4.83. The Morgan fingerprint density at radius 1 is 0.947 bits per heavy atom. The lowest BCUT2D eigenvalue weighted by atomic mass is 9.99. The second-order valence-electron chi connectivity index (χ2n) is 9.74. The van der Waals surface area contributed by atoms with E-state index in [4.69, 9.17) is 37.4 Å². The number of ketones is 1. The third-order valence-electron chi connectivity index (χ3n) is 7.16. The van der Waals surface area contributed by atoms with Crippen molar-refractivity contribution in [2.45, 2.75) is 20.0 Å². The number of hydrogen-bond donors (Lipinski definition) is 1. The van der Waals surface area contributed by atoms with Gasteiger partial charge in [0.05, 0.1) is 11.1 Å². The van der Waals surface area contributed by atoms with Gasteiger partial charge in [0.2, 0.25) is 12.6 Å². The molecule has 7 nitrogen and oxygen atoms in total. The highest BCUT2D eigenvalue weighted by atomic mass is 35.5.